The smallest absolute Gasteiger partial charge is 0.336 e. The molecule has 0 aliphatic heterocycles. The van der Waals surface area contributed by atoms with Crippen molar-refractivity contribution in [2.24, 2.45) is 0 Å². The molecule has 4 rings (SSSR count). The van der Waals surface area contributed by atoms with Crippen molar-refractivity contribution in [3.8, 4) is 22.9 Å². The number of ether oxygens (including phenoxy) is 2. The zero-order valence-corrected chi connectivity index (χ0v) is 17.7. The number of methoxy groups -OCH3 is 2. The molecule has 0 spiro atoms. The maximum absolute atomic E-state index is 12.0. The van der Waals surface area contributed by atoms with Crippen molar-refractivity contribution in [3.63, 3.8) is 0 Å². The lowest BCUT2D eigenvalue weighted by Gasteiger charge is -2.11. The van der Waals surface area contributed by atoms with Gasteiger partial charge >= 0.3 is 5.63 Å². The van der Waals surface area contributed by atoms with Gasteiger partial charge in [0.2, 0.25) is 0 Å². The third-order valence-electron chi connectivity index (χ3n) is 4.78. The molecule has 0 N–H and O–H groups in total. The molecule has 2 heterocycles. The van der Waals surface area contributed by atoms with E-state index in [1.807, 2.05) is 47.9 Å². The topological polar surface area (TPSA) is 79.4 Å². The third kappa shape index (κ3) is 3.78. The minimum atomic E-state index is -0.391. The Bertz CT molecular complexity index is 1250. The second kappa shape index (κ2) is 8.62. The number of thioether (sulfide) groups is 1. The van der Waals surface area contributed by atoms with Gasteiger partial charge in [-0.05, 0) is 36.8 Å². The number of hydrogen-bond acceptors (Lipinski definition) is 7. The Hall–Kier alpha value is -3.26. The standard InChI is InChI=1S/C22H21N3O4S/c1-4-25-21(17-7-5-6-8-18(17)28-3)23-24-22(25)30-13-14-11-20(26)29-19-12-15(27-2)9-10-16(14)19/h5-12H,4,13H2,1-3H3. The minimum Gasteiger partial charge on any atom is -0.497 e. The molecule has 0 fully saturated rings. The minimum absolute atomic E-state index is 0.391. The summed E-state index contributed by atoms with van der Waals surface area (Å²) < 4.78 is 18.1. The van der Waals surface area contributed by atoms with Crippen LogP contribution in [0, 0.1) is 0 Å². The Morgan fingerprint density at radius 2 is 1.90 bits per heavy atom. The van der Waals surface area contributed by atoms with Crippen molar-refractivity contribution in [3.05, 3.63) is 64.5 Å². The molecule has 0 unspecified atom stereocenters. The van der Waals surface area contributed by atoms with E-state index in [9.17, 15) is 4.79 Å². The summed E-state index contributed by atoms with van der Waals surface area (Å²) in [5.74, 6) is 2.69. The van der Waals surface area contributed by atoms with Gasteiger partial charge in [0.1, 0.15) is 17.1 Å². The Morgan fingerprint density at radius 3 is 2.67 bits per heavy atom. The lowest BCUT2D eigenvalue weighted by Crippen LogP contribution is -2.02. The molecule has 0 saturated carbocycles. The molecule has 154 valence electrons. The molecule has 0 radical (unpaired) electrons. The van der Waals surface area contributed by atoms with Crippen molar-refractivity contribution in [1.82, 2.24) is 14.8 Å². The molecule has 0 amide bonds. The predicted molar refractivity (Wildman–Crippen MR) is 116 cm³/mol. The average molecular weight is 423 g/mol. The van der Waals surface area contributed by atoms with Crippen LogP contribution in [-0.2, 0) is 12.3 Å². The van der Waals surface area contributed by atoms with E-state index in [1.54, 1.807) is 20.3 Å². The zero-order valence-electron chi connectivity index (χ0n) is 16.9. The first-order chi connectivity index (χ1) is 14.6. The lowest BCUT2D eigenvalue weighted by molar-refractivity contribution is 0.414. The quantitative estimate of drug-likeness (QED) is 0.322. The summed E-state index contributed by atoms with van der Waals surface area (Å²) in [7, 11) is 3.22. The Balaban J connectivity index is 1.67. The number of nitrogens with zero attached hydrogens (tertiary/aromatic N) is 3. The van der Waals surface area contributed by atoms with E-state index in [2.05, 4.69) is 10.2 Å². The van der Waals surface area contributed by atoms with Crippen LogP contribution in [0.3, 0.4) is 0 Å². The molecule has 30 heavy (non-hydrogen) atoms. The van der Waals surface area contributed by atoms with Gasteiger partial charge in [-0.1, -0.05) is 23.9 Å². The largest absolute Gasteiger partial charge is 0.497 e. The monoisotopic (exact) mass is 423 g/mol. The normalized spacial score (nSPS) is 11.0. The first-order valence-electron chi connectivity index (χ1n) is 9.44. The summed E-state index contributed by atoms with van der Waals surface area (Å²) in [6.07, 6.45) is 0. The van der Waals surface area contributed by atoms with E-state index >= 15 is 0 Å². The fourth-order valence-corrected chi connectivity index (χ4v) is 4.30. The number of hydrogen-bond donors (Lipinski definition) is 0. The van der Waals surface area contributed by atoms with Crippen LogP contribution >= 0.6 is 11.8 Å². The van der Waals surface area contributed by atoms with Crippen LogP contribution in [0.2, 0.25) is 0 Å². The van der Waals surface area contributed by atoms with Gasteiger partial charge in [-0.15, -0.1) is 10.2 Å². The second-order valence-corrected chi connectivity index (χ2v) is 7.43. The number of fused-ring (bicyclic) bond motifs is 1. The maximum Gasteiger partial charge on any atom is 0.336 e. The molecule has 0 bridgehead atoms. The van der Waals surface area contributed by atoms with Crippen molar-refractivity contribution < 1.29 is 13.9 Å². The summed E-state index contributed by atoms with van der Waals surface area (Å²) in [4.78, 5) is 12.0. The van der Waals surface area contributed by atoms with Gasteiger partial charge in [0, 0.05) is 29.8 Å². The van der Waals surface area contributed by atoms with Crippen LogP contribution in [0.25, 0.3) is 22.4 Å². The van der Waals surface area contributed by atoms with Gasteiger partial charge in [-0.25, -0.2) is 4.79 Å². The van der Waals surface area contributed by atoms with Gasteiger partial charge in [-0.2, -0.15) is 0 Å². The zero-order chi connectivity index (χ0) is 21.1. The van der Waals surface area contributed by atoms with E-state index < -0.39 is 5.63 Å². The van der Waals surface area contributed by atoms with Crippen molar-refractivity contribution in [2.75, 3.05) is 14.2 Å². The SMILES string of the molecule is CCn1c(SCc2cc(=O)oc3cc(OC)ccc23)nnc1-c1ccccc1OC. The molecule has 4 aromatic rings. The van der Waals surface area contributed by atoms with E-state index in [-0.39, 0.29) is 0 Å². The molecular formula is C22H21N3O4S. The number of aromatic nitrogens is 3. The van der Waals surface area contributed by atoms with Gasteiger partial charge in [0.05, 0.1) is 19.8 Å². The van der Waals surface area contributed by atoms with E-state index in [4.69, 9.17) is 13.9 Å². The molecule has 2 aromatic carbocycles. The molecule has 0 saturated heterocycles. The van der Waals surface area contributed by atoms with Crippen LogP contribution in [0.1, 0.15) is 12.5 Å². The summed E-state index contributed by atoms with van der Waals surface area (Å²) in [5.41, 5.74) is 1.87. The highest BCUT2D eigenvalue weighted by atomic mass is 32.2. The van der Waals surface area contributed by atoms with Gasteiger partial charge < -0.3 is 18.5 Å². The van der Waals surface area contributed by atoms with Crippen molar-refractivity contribution in [2.45, 2.75) is 24.4 Å². The van der Waals surface area contributed by atoms with Crippen LogP contribution in [-0.4, -0.2) is 29.0 Å². The summed E-state index contributed by atoms with van der Waals surface area (Å²) in [6.45, 7) is 2.75. The summed E-state index contributed by atoms with van der Waals surface area (Å²) >= 11 is 1.52. The average Bonchev–Trinajstić information content (AvgIpc) is 3.19. The van der Waals surface area contributed by atoms with Crippen LogP contribution in [0.5, 0.6) is 11.5 Å². The molecule has 7 nitrogen and oxygen atoms in total. The van der Waals surface area contributed by atoms with E-state index in [1.165, 1.54) is 17.8 Å². The van der Waals surface area contributed by atoms with Crippen LogP contribution in [0.15, 0.2) is 62.9 Å². The number of benzene rings is 2. The highest BCUT2D eigenvalue weighted by molar-refractivity contribution is 7.98. The molecule has 8 heteroatoms. The fraction of sp³-hybridized carbons (Fsp3) is 0.227. The van der Waals surface area contributed by atoms with Crippen LogP contribution < -0.4 is 15.1 Å². The first kappa shape index (κ1) is 20.0. The first-order valence-corrected chi connectivity index (χ1v) is 10.4. The molecule has 2 aromatic heterocycles. The van der Waals surface area contributed by atoms with Gasteiger partial charge in [-0.3, -0.25) is 0 Å². The molecule has 0 aliphatic rings. The fourth-order valence-electron chi connectivity index (χ4n) is 3.31. The molecule has 0 aliphatic carbocycles. The maximum atomic E-state index is 12.0. The van der Waals surface area contributed by atoms with E-state index in [0.29, 0.717) is 23.6 Å². The Morgan fingerprint density at radius 1 is 1.07 bits per heavy atom. The van der Waals surface area contributed by atoms with Gasteiger partial charge in [0.15, 0.2) is 11.0 Å². The Kier molecular flexibility index (Phi) is 5.76. The number of rotatable bonds is 7. The lowest BCUT2D eigenvalue weighted by atomic mass is 10.1. The summed E-state index contributed by atoms with van der Waals surface area (Å²) in [6, 6.07) is 14.7. The second-order valence-electron chi connectivity index (χ2n) is 6.49. The number of para-hydroxylation sites is 1. The van der Waals surface area contributed by atoms with Crippen LogP contribution in [0.4, 0.5) is 0 Å². The van der Waals surface area contributed by atoms with E-state index in [0.717, 1.165) is 33.2 Å². The van der Waals surface area contributed by atoms with Gasteiger partial charge in [0.25, 0.3) is 0 Å². The van der Waals surface area contributed by atoms with Crippen molar-refractivity contribution >= 4 is 22.7 Å². The highest BCUT2D eigenvalue weighted by Crippen LogP contribution is 2.32. The van der Waals surface area contributed by atoms with Crippen molar-refractivity contribution in [1.29, 1.82) is 0 Å². The predicted octanol–water partition coefficient (Wildman–Crippen LogP) is 4.38. The highest BCUT2D eigenvalue weighted by Gasteiger charge is 2.17. The summed E-state index contributed by atoms with van der Waals surface area (Å²) in [5, 5.41) is 10.4. The third-order valence-corrected chi connectivity index (χ3v) is 5.79. The Labute approximate surface area is 177 Å². The molecular weight excluding hydrogens is 402 g/mol. The molecule has 0 atom stereocenters.